The molecule has 38 heavy (non-hydrogen) atoms. The number of piperazine rings is 1. The molecular weight excluding hydrogens is 484 g/mol. The number of fused-ring (bicyclic) bond motifs is 1. The van der Waals surface area contributed by atoms with Crippen LogP contribution < -0.4 is 27.8 Å². The molecule has 2 aromatic rings. The Labute approximate surface area is 222 Å². The number of hydrogen-bond donors (Lipinski definition) is 4. The summed E-state index contributed by atoms with van der Waals surface area (Å²) in [7, 11) is 0. The molecular formula is C27H38N8O3. The molecule has 1 saturated heterocycles. The van der Waals surface area contributed by atoms with Crippen molar-refractivity contribution >= 4 is 17.8 Å². The molecule has 0 spiro atoms. The van der Waals surface area contributed by atoms with E-state index >= 15 is 0 Å². The molecule has 3 aliphatic carbocycles. The maximum absolute atomic E-state index is 12.7. The van der Waals surface area contributed by atoms with Crippen molar-refractivity contribution in [2.75, 3.05) is 38.0 Å². The fraction of sp³-hybridized carbons (Fsp3) is 0.556. The number of benzene rings is 1. The highest BCUT2D eigenvalue weighted by molar-refractivity contribution is 5.89. The Morgan fingerprint density at radius 2 is 1.71 bits per heavy atom. The first-order valence-electron chi connectivity index (χ1n) is 13.3. The van der Waals surface area contributed by atoms with Gasteiger partial charge in [0.1, 0.15) is 5.82 Å². The van der Waals surface area contributed by atoms with E-state index in [2.05, 4.69) is 15.6 Å². The summed E-state index contributed by atoms with van der Waals surface area (Å²) in [5, 5.41) is 6.37. The van der Waals surface area contributed by atoms with Crippen LogP contribution in [0.4, 0.5) is 10.6 Å². The zero-order valence-electron chi connectivity index (χ0n) is 22.2. The zero-order chi connectivity index (χ0) is 27.1. The molecule has 11 nitrogen and oxygen atoms in total. The zero-order valence-corrected chi connectivity index (χ0v) is 22.2. The van der Waals surface area contributed by atoms with Crippen LogP contribution in [0.15, 0.2) is 41.3 Å². The van der Waals surface area contributed by atoms with E-state index in [4.69, 9.17) is 11.5 Å². The van der Waals surface area contributed by atoms with Crippen LogP contribution in [0.3, 0.4) is 0 Å². The third kappa shape index (κ3) is 5.31. The van der Waals surface area contributed by atoms with Crippen LogP contribution in [0.2, 0.25) is 0 Å². The van der Waals surface area contributed by atoms with E-state index in [1.807, 2.05) is 24.3 Å². The number of carbonyl (C=O) groups is 2. The number of rotatable bonds is 7. The first kappa shape index (κ1) is 26.3. The summed E-state index contributed by atoms with van der Waals surface area (Å²) in [5.41, 5.74) is 12.7. The van der Waals surface area contributed by atoms with Crippen molar-refractivity contribution in [1.82, 2.24) is 24.7 Å². The minimum Gasteiger partial charge on any atom is -0.338 e. The molecule has 4 fully saturated rings. The van der Waals surface area contributed by atoms with Gasteiger partial charge < -0.3 is 26.6 Å². The summed E-state index contributed by atoms with van der Waals surface area (Å²) in [5.74, 6) is 0.792. The molecule has 1 aromatic heterocycles. The van der Waals surface area contributed by atoms with Crippen LogP contribution in [-0.4, -0.2) is 75.6 Å². The predicted molar refractivity (Wildman–Crippen MR) is 145 cm³/mol. The van der Waals surface area contributed by atoms with Crippen LogP contribution >= 0.6 is 0 Å². The Balaban J connectivity index is 1.13. The second-order valence-electron chi connectivity index (χ2n) is 11.6. The van der Waals surface area contributed by atoms with Crippen LogP contribution in [0, 0.1) is 11.3 Å². The van der Waals surface area contributed by atoms with E-state index in [9.17, 15) is 14.4 Å². The lowest BCUT2D eigenvalue weighted by molar-refractivity contribution is -0.137. The Morgan fingerprint density at radius 3 is 2.29 bits per heavy atom. The molecule has 0 unspecified atom stereocenters. The number of amides is 3. The van der Waals surface area contributed by atoms with Gasteiger partial charge in [0.25, 0.3) is 0 Å². The second kappa shape index (κ2) is 10.1. The highest BCUT2D eigenvalue weighted by atomic mass is 16.2. The van der Waals surface area contributed by atoms with E-state index in [1.165, 1.54) is 23.8 Å². The topological polar surface area (TPSA) is 152 Å². The summed E-state index contributed by atoms with van der Waals surface area (Å²) in [6, 6.07) is 9.61. The molecule has 6 N–H and O–H groups in total. The van der Waals surface area contributed by atoms with Gasteiger partial charge in [0, 0.05) is 45.0 Å². The average Bonchev–Trinajstić information content (AvgIpc) is 3.42. The van der Waals surface area contributed by atoms with Crippen molar-refractivity contribution in [3.8, 4) is 5.69 Å². The van der Waals surface area contributed by atoms with Crippen LogP contribution in [0.1, 0.15) is 38.7 Å². The average molecular weight is 523 g/mol. The number of hydrogen-bond acceptors (Lipinski definition) is 7. The van der Waals surface area contributed by atoms with Crippen LogP contribution in [0.5, 0.6) is 0 Å². The third-order valence-electron chi connectivity index (χ3n) is 8.27. The largest absolute Gasteiger partial charge is 0.354 e. The van der Waals surface area contributed by atoms with Gasteiger partial charge in [-0.05, 0) is 74.8 Å². The normalized spacial score (nSPS) is 24.7. The number of nitrogens with one attached hydrogen (secondary N) is 2. The molecule has 2 bridgehead atoms. The van der Waals surface area contributed by atoms with Gasteiger partial charge in [0.15, 0.2) is 0 Å². The Morgan fingerprint density at radius 1 is 1.05 bits per heavy atom. The monoisotopic (exact) mass is 522 g/mol. The van der Waals surface area contributed by atoms with Crippen LogP contribution in [-0.2, 0) is 11.3 Å². The minimum absolute atomic E-state index is 0.141. The summed E-state index contributed by atoms with van der Waals surface area (Å²) in [6.07, 6.45) is 5.27. The Bertz CT molecular complexity index is 1240. The lowest BCUT2D eigenvalue weighted by Crippen LogP contribution is -2.58. The van der Waals surface area contributed by atoms with Crippen molar-refractivity contribution in [1.29, 1.82) is 0 Å². The molecule has 204 valence electrons. The van der Waals surface area contributed by atoms with E-state index in [1.54, 1.807) is 35.9 Å². The van der Waals surface area contributed by atoms with Gasteiger partial charge in [-0.1, -0.05) is 12.1 Å². The van der Waals surface area contributed by atoms with Crippen molar-refractivity contribution in [3.63, 3.8) is 0 Å². The van der Waals surface area contributed by atoms with E-state index in [-0.39, 0.29) is 17.8 Å². The van der Waals surface area contributed by atoms with Crippen molar-refractivity contribution < 1.29 is 9.59 Å². The molecule has 1 atom stereocenters. The highest BCUT2D eigenvalue weighted by Gasteiger charge is 2.54. The van der Waals surface area contributed by atoms with Gasteiger partial charge in [-0.3, -0.25) is 14.7 Å². The van der Waals surface area contributed by atoms with Gasteiger partial charge in [-0.2, -0.15) is 4.98 Å². The summed E-state index contributed by atoms with van der Waals surface area (Å²) < 4.78 is 1.45. The first-order valence-corrected chi connectivity index (χ1v) is 13.3. The molecule has 11 heteroatoms. The summed E-state index contributed by atoms with van der Waals surface area (Å²) in [4.78, 5) is 45.0. The number of nitrogens with two attached hydrogens (primary N) is 2. The second-order valence-corrected chi connectivity index (χ2v) is 11.6. The third-order valence-corrected chi connectivity index (χ3v) is 8.27. The number of nitrogens with zero attached hydrogens (tertiary/aromatic N) is 4. The first-order chi connectivity index (χ1) is 18.1. The van der Waals surface area contributed by atoms with Crippen molar-refractivity contribution in [3.05, 3.63) is 52.6 Å². The number of anilines is 1. The van der Waals surface area contributed by atoms with Gasteiger partial charge in [0.2, 0.25) is 5.91 Å². The molecule has 0 radical (unpaired) electrons. The van der Waals surface area contributed by atoms with Crippen molar-refractivity contribution in [2.24, 2.45) is 22.8 Å². The quantitative estimate of drug-likeness (QED) is 0.421. The van der Waals surface area contributed by atoms with Gasteiger partial charge >= 0.3 is 11.7 Å². The highest BCUT2D eigenvalue weighted by Crippen LogP contribution is 2.58. The molecule has 1 aromatic carbocycles. The van der Waals surface area contributed by atoms with Gasteiger partial charge in [-0.25, -0.2) is 9.59 Å². The summed E-state index contributed by atoms with van der Waals surface area (Å²) in [6.45, 7) is 6.48. The maximum atomic E-state index is 12.7. The maximum Gasteiger partial charge on any atom is 0.354 e. The summed E-state index contributed by atoms with van der Waals surface area (Å²) >= 11 is 0. The lowest BCUT2D eigenvalue weighted by Gasteiger charge is -2.37. The molecule has 2 heterocycles. The van der Waals surface area contributed by atoms with E-state index in [0.29, 0.717) is 43.3 Å². The van der Waals surface area contributed by atoms with Gasteiger partial charge in [-0.15, -0.1) is 0 Å². The molecule has 6 rings (SSSR count). The molecule has 3 amide bonds. The number of aromatic nitrogens is 2. The Hall–Kier alpha value is -3.28. The molecule has 4 aliphatic rings. The standard InChI is InChI=1S/C27H38N8O3/c1-26(2,29)23(36)33-9-11-34(12-10-33)24(37)31-22-7-8-35(25(38)32-22)20-5-3-18(4-6-20)16-30-21-15-27(17-28)13-19(21)14-27/h3-8,19,21,30H,9-17,28-29H2,1-2H3,(H,31,32,37,38)/t19?,21-,27?/m1/s1. The molecule has 1 aliphatic heterocycles. The van der Waals surface area contributed by atoms with Crippen LogP contribution in [0.25, 0.3) is 5.69 Å². The minimum atomic E-state index is -0.945. The lowest BCUT2D eigenvalue weighted by atomic mass is 9.70. The van der Waals surface area contributed by atoms with Gasteiger partial charge in [0.05, 0.1) is 11.2 Å². The SMILES string of the molecule is CC(C)(N)C(=O)N1CCN(C(=O)Nc2ccn(-c3ccc(CN[C@@H]4CC5(CN)CC4C5)cc3)c(=O)n2)CC1. The Kier molecular flexibility index (Phi) is 7.01. The van der Waals surface area contributed by atoms with E-state index in [0.717, 1.165) is 24.6 Å². The number of carbonyl (C=O) groups excluding carboxylic acids is 2. The fourth-order valence-electron chi connectivity index (χ4n) is 6.03. The van der Waals surface area contributed by atoms with Crippen molar-refractivity contribution in [2.45, 2.75) is 51.2 Å². The molecule has 3 saturated carbocycles. The number of urea groups is 1. The fourth-order valence-corrected chi connectivity index (χ4v) is 6.03. The van der Waals surface area contributed by atoms with E-state index < -0.39 is 11.2 Å². The predicted octanol–water partition coefficient (Wildman–Crippen LogP) is 0.863. The smallest absolute Gasteiger partial charge is 0.338 e.